The maximum absolute atomic E-state index is 13.3. The smallest absolute Gasteiger partial charge is 0.274 e. The second-order valence-corrected chi connectivity index (χ2v) is 10.0. The van der Waals surface area contributed by atoms with Crippen LogP contribution in [0.5, 0.6) is 0 Å². The molecule has 0 N–H and O–H groups in total. The number of thioether (sulfide) groups is 1. The van der Waals surface area contributed by atoms with Crippen molar-refractivity contribution in [3.05, 3.63) is 65.5 Å². The Morgan fingerprint density at radius 1 is 1.36 bits per heavy atom. The van der Waals surface area contributed by atoms with E-state index in [-0.39, 0.29) is 34.7 Å². The Kier molecular flexibility index (Phi) is 6.74. The van der Waals surface area contributed by atoms with Crippen molar-refractivity contribution in [2.75, 3.05) is 17.3 Å². The molecule has 0 spiro atoms. The molecule has 3 rings (SSSR count). The van der Waals surface area contributed by atoms with E-state index in [4.69, 9.17) is 11.6 Å². The Hall–Kier alpha value is -1.90. The molecule has 148 valence electrons. The lowest BCUT2D eigenvalue weighted by atomic mass is 10.1. The third-order valence-electron chi connectivity index (χ3n) is 4.36. The lowest BCUT2D eigenvalue weighted by molar-refractivity contribution is 0.0674. The summed E-state index contributed by atoms with van der Waals surface area (Å²) in [7, 11) is -3.15. The number of aromatic nitrogens is 2. The van der Waals surface area contributed by atoms with E-state index in [2.05, 4.69) is 16.5 Å². The molecular formula is C19H20ClN3O3S2. The first-order chi connectivity index (χ1) is 13.4. The highest BCUT2D eigenvalue weighted by Gasteiger charge is 2.36. The molecule has 1 unspecified atom stereocenters. The number of nitrogens with zero attached hydrogens (tertiary/aromatic N) is 3. The summed E-state index contributed by atoms with van der Waals surface area (Å²) in [5, 5.41) is 0.568. The van der Waals surface area contributed by atoms with Crippen molar-refractivity contribution in [1.82, 2.24) is 14.9 Å². The summed E-state index contributed by atoms with van der Waals surface area (Å²) in [5.74, 6) is 0.239. The first-order valence-corrected chi connectivity index (χ1v) is 11.9. The third-order valence-corrected chi connectivity index (χ3v) is 7.24. The van der Waals surface area contributed by atoms with Gasteiger partial charge in [0.25, 0.3) is 5.91 Å². The average molecular weight is 438 g/mol. The Labute approximate surface area is 173 Å². The van der Waals surface area contributed by atoms with Crippen molar-refractivity contribution in [2.45, 2.75) is 24.2 Å². The van der Waals surface area contributed by atoms with Gasteiger partial charge in [-0.05, 0) is 12.0 Å². The van der Waals surface area contributed by atoms with E-state index in [9.17, 15) is 13.2 Å². The molecule has 1 aromatic carbocycles. The normalized spacial score (nSPS) is 18.0. The summed E-state index contributed by atoms with van der Waals surface area (Å²) in [6.07, 6.45) is 3.52. The molecule has 1 saturated heterocycles. The molecule has 9 heteroatoms. The zero-order chi connectivity index (χ0) is 20.1. The van der Waals surface area contributed by atoms with Gasteiger partial charge in [-0.1, -0.05) is 59.8 Å². The lowest BCUT2D eigenvalue weighted by Crippen LogP contribution is -2.41. The van der Waals surface area contributed by atoms with Crippen LogP contribution in [0.4, 0.5) is 0 Å². The monoisotopic (exact) mass is 437 g/mol. The minimum Gasteiger partial charge on any atom is -0.329 e. The van der Waals surface area contributed by atoms with E-state index < -0.39 is 15.9 Å². The van der Waals surface area contributed by atoms with Gasteiger partial charge in [0.05, 0.1) is 22.7 Å². The van der Waals surface area contributed by atoms with E-state index in [1.807, 2.05) is 30.3 Å². The van der Waals surface area contributed by atoms with Gasteiger partial charge in [0, 0.05) is 18.3 Å². The molecule has 0 bridgehead atoms. The summed E-state index contributed by atoms with van der Waals surface area (Å²) in [6.45, 7) is 3.94. The standard InChI is InChI=1S/C19H20ClN3O3S2/c1-2-9-27-19-21-11-16(20)17(22-19)18(24)23(12-14-6-4-3-5-7-14)15-8-10-28(25,26)13-15/h2-7,11,15H,1,8-10,12-13H2. The number of sulfone groups is 1. The van der Waals surface area contributed by atoms with Crippen LogP contribution in [-0.2, 0) is 16.4 Å². The maximum Gasteiger partial charge on any atom is 0.274 e. The van der Waals surface area contributed by atoms with E-state index in [0.717, 1.165) is 5.56 Å². The van der Waals surface area contributed by atoms with Gasteiger partial charge in [-0.2, -0.15) is 0 Å². The topological polar surface area (TPSA) is 80.2 Å². The highest BCUT2D eigenvalue weighted by Crippen LogP contribution is 2.25. The van der Waals surface area contributed by atoms with Gasteiger partial charge in [-0.15, -0.1) is 6.58 Å². The molecule has 0 radical (unpaired) electrons. The number of carbonyl (C=O) groups is 1. The highest BCUT2D eigenvalue weighted by atomic mass is 35.5. The molecule has 1 aliphatic rings. The van der Waals surface area contributed by atoms with Crippen molar-refractivity contribution in [2.24, 2.45) is 0 Å². The number of halogens is 1. The van der Waals surface area contributed by atoms with Gasteiger partial charge in [0.1, 0.15) is 0 Å². The largest absolute Gasteiger partial charge is 0.329 e. The van der Waals surface area contributed by atoms with Crippen LogP contribution in [0.3, 0.4) is 0 Å². The number of carbonyl (C=O) groups excluding carboxylic acids is 1. The van der Waals surface area contributed by atoms with Gasteiger partial charge in [0.15, 0.2) is 20.7 Å². The maximum atomic E-state index is 13.3. The molecule has 1 aromatic heterocycles. The number of benzene rings is 1. The molecule has 28 heavy (non-hydrogen) atoms. The first-order valence-electron chi connectivity index (χ1n) is 8.71. The van der Waals surface area contributed by atoms with Crippen LogP contribution >= 0.6 is 23.4 Å². The molecule has 2 heterocycles. The molecule has 1 atom stereocenters. The number of hydrogen-bond acceptors (Lipinski definition) is 6. The summed E-state index contributed by atoms with van der Waals surface area (Å²) in [4.78, 5) is 23.3. The SMILES string of the molecule is C=CCSc1ncc(Cl)c(C(=O)N(Cc2ccccc2)C2CCS(=O)(=O)C2)n1. The Morgan fingerprint density at radius 2 is 2.11 bits per heavy atom. The summed E-state index contributed by atoms with van der Waals surface area (Å²) in [6, 6.07) is 9.04. The second kappa shape index (κ2) is 9.07. The summed E-state index contributed by atoms with van der Waals surface area (Å²) >= 11 is 7.56. The van der Waals surface area contributed by atoms with E-state index in [0.29, 0.717) is 17.3 Å². The third kappa shape index (κ3) is 5.12. The van der Waals surface area contributed by atoms with E-state index in [1.54, 1.807) is 11.0 Å². The van der Waals surface area contributed by atoms with Crippen LogP contribution in [0, 0.1) is 0 Å². The van der Waals surface area contributed by atoms with Gasteiger partial charge >= 0.3 is 0 Å². The molecular weight excluding hydrogens is 418 g/mol. The fraction of sp³-hybridized carbons (Fsp3) is 0.316. The van der Waals surface area contributed by atoms with Crippen LogP contribution < -0.4 is 0 Å². The number of rotatable bonds is 7. The minimum atomic E-state index is -3.15. The number of amides is 1. The molecule has 1 fully saturated rings. The average Bonchev–Trinajstić information content (AvgIpc) is 3.05. The fourth-order valence-corrected chi connectivity index (χ4v) is 5.46. The van der Waals surface area contributed by atoms with Crippen LogP contribution in [0.15, 0.2) is 54.3 Å². The van der Waals surface area contributed by atoms with E-state index in [1.165, 1.54) is 18.0 Å². The molecule has 0 aliphatic carbocycles. The van der Waals surface area contributed by atoms with Crippen molar-refractivity contribution >= 4 is 39.1 Å². The molecule has 1 amide bonds. The molecule has 0 saturated carbocycles. The van der Waals surface area contributed by atoms with Crippen LogP contribution in [0.25, 0.3) is 0 Å². The Balaban J connectivity index is 1.93. The fourth-order valence-electron chi connectivity index (χ4n) is 3.01. The van der Waals surface area contributed by atoms with Crippen LogP contribution in [-0.4, -0.2) is 52.5 Å². The highest BCUT2D eigenvalue weighted by molar-refractivity contribution is 7.99. The summed E-state index contributed by atoms with van der Waals surface area (Å²) in [5.41, 5.74) is 0.995. The van der Waals surface area contributed by atoms with Crippen LogP contribution in [0.1, 0.15) is 22.5 Å². The molecule has 6 nitrogen and oxygen atoms in total. The van der Waals surface area contributed by atoms with Crippen molar-refractivity contribution in [3.63, 3.8) is 0 Å². The molecule has 2 aromatic rings. The Bertz CT molecular complexity index is 968. The first kappa shape index (κ1) is 20.8. The zero-order valence-electron chi connectivity index (χ0n) is 15.1. The van der Waals surface area contributed by atoms with E-state index >= 15 is 0 Å². The minimum absolute atomic E-state index is 0.0493. The zero-order valence-corrected chi connectivity index (χ0v) is 17.5. The van der Waals surface area contributed by atoms with Gasteiger partial charge < -0.3 is 4.90 Å². The van der Waals surface area contributed by atoms with Crippen LogP contribution in [0.2, 0.25) is 5.02 Å². The number of hydrogen-bond donors (Lipinski definition) is 0. The van der Waals surface area contributed by atoms with Crippen molar-refractivity contribution in [3.8, 4) is 0 Å². The quantitative estimate of drug-likeness (QED) is 0.376. The predicted molar refractivity (Wildman–Crippen MR) is 111 cm³/mol. The summed E-state index contributed by atoms with van der Waals surface area (Å²) < 4.78 is 24.0. The Morgan fingerprint density at radius 3 is 2.75 bits per heavy atom. The van der Waals surface area contributed by atoms with Gasteiger partial charge in [-0.3, -0.25) is 4.79 Å². The predicted octanol–water partition coefficient (Wildman–Crippen LogP) is 3.24. The van der Waals surface area contributed by atoms with Crippen molar-refractivity contribution in [1.29, 1.82) is 0 Å². The second-order valence-electron chi connectivity index (χ2n) is 6.42. The van der Waals surface area contributed by atoms with Gasteiger partial charge in [0.2, 0.25) is 0 Å². The van der Waals surface area contributed by atoms with Crippen molar-refractivity contribution < 1.29 is 13.2 Å². The van der Waals surface area contributed by atoms with Gasteiger partial charge in [-0.25, -0.2) is 18.4 Å². The molecule has 1 aliphatic heterocycles. The lowest BCUT2D eigenvalue weighted by Gasteiger charge is -2.28.